The standard InChI is InChI=1S/C13H18N4O2/c1-16(2)8-4-3-7-15-12-6-5-11(10-14)13(9-12)17(18)19/h5-6,9,15H,3-4,7-8H2,1-2H3. The molecule has 0 saturated carbocycles. The lowest BCUT2D eigenvalue weighted by Crippen LogP contribution is -2.14. The molecule has 6 nitrogen and oxygen atoms in total. The Kier molecular flexibility index (Phi) is 5.76. The van der Waals surface area contributed by atoms with Crippen LogP contribution >= 0.6 is 0 Å². The summed E-state index contributed by atoms with van der Waals surface area (Å²) in [6, 6.07) is 6.39. The average molecular weight is 262 g/mol. The topological polar surface area (TPSA) is 82.2 Å². The summed E-state index contributed by atoms with van der Waals surface area (Å²) in [5, 5.41) is 22.7. The number of rotatable bonds is 7. The van der Waals surface area contributed by atoms with Crippen molar-refractivity contribution >= 4 is 11.4 Å². The Morgan fingerprint density at radius 1 is 1.42 bits per heavy atom. The molecular weight excluding hydrogens is 244 g/mol. The number of benzene rings is 1. The van der Waals surface area contributed by atoms with E-state index in [-0.39, 0.29) is 11.3 Å². The van der Waals surface area contributed by atoms with Crippen molar-refractivity contribution in [2.24, 2.45) is 0 Å². The number of nitro benzene ring substituents is 1. The van der Waals surface area contributed by atoms with E-state index in [1.807, 2.05) is 20.2 Å². The summed E-state index contributed by atoms with van der Waals surface area (Å²) in [6.07, 6.45) is 2.06. The number of anilines is 1. The molecule has 0 aliphatic rings. The first-order chi connectivity index (χ1) is 9.04. The Morgan fingerprint density at radius 3 is 2.74 bits per heavy atom. The van der Waals surface area contributed by atoms with Crippen LogP contribution < -0.4 is 5.32 Å². The molecule has 0 radical (unpaired) electrons. The van der Waals surface area contributed by atoms with Crippen LogP contribution in [-0.2, 0) is 0 Å². The fraction of sp³-hybridized carbons (Fsp3) is 0.462. The molecule has 1 aromatic carbocycles. The lowest BCUT2D eigenvalue weighted by Gasteiger charge is -2.10. The van der Waals surface area contributed by atoms with Crippen LogP contribution in [0.2, 0.25) is 0 Å². The van der Waals surface area contributed by atoms with Crippen LogP contribution in [0.15, 0.2) is 18.2 Å². The molecule has 19 heavy (non-hydrogen) atoms. The zero-order chi connectivity index (χ0) is 14.3. The molecule has 0 unspecified atom stereocenters. The summed E-state index contributed by atoms with van der Waals surface area (Å²) >= 11 is 0. The molecule has 0 bridgehead atoms. The number of nitrogens with one attached hydrogen (secondary N) is 1. The van der Waals surface area contributed by atoms with E-state index in [4.69, 9.17) is 5.26 Å². The van der Waals surface area contributed by atoms with Crippen LogP contribution in [0, 0.1) is 21.4 Å². The number of nitrogens with zero attached hydrogens (tertiary/aromatic N) is 3. The van der Waals surface area contributed by atoms with Gasteiger partial charge >= 0.3 is 0 Å². The van der Waals surface area contributed by atoms with E-state index in [0.29, 0.717) is 5.69 Å². The molecule has 0 atom stereocenters. The highest BCUT2D eigenvalue weighted by molar-refractivity contribution is 5.59. The largest absolute Gasteiger partial charge is 0.385 e. The summed E-state index contributed by atoms with van der Waals surface area (Å²) in [7, 11) is 4.05. The van der Waals surface area contributed by atoms with Crippen LogP contribution in [0.4, 0.5) is 11.4 Å². The summed E-state index contributed by atoms with van der Waals surface area (Å²) in [4.78, 5) is 12.4. The SMILES string of the molecule is CN(C)CCCCNc1ccc(C#N)c([N+](=O)[O-])c1. The van der Waals surface area contributed by atoms with Crippen molar-refractivity contribution in [1.29, 1.82) is 5.26 Å². The highest BCUT2D eigenvalue weighted by Crippen LogP contribution is 2.22. The third-order valence-electron chi connectivity index (χ3n) is 2.68. The van der Waals surface area contributed by atoms with Crippen molar-refractivity contribution in [2.45, 2.75) is 12.8 Å². The van der Waals surface area contributed by atoms with Gasteiger partial charge in [0.1, 0.15) is 11.6 Å². The maximum absolute atomic E-state index is 10.8. The van der Waals surface area contributed by atoms with E-state index < -0.39 is 4.92 Å². The summed E-state index contributed by atoms with van der Waals surface area (Å²) < 4.78 is 0. The van der Waals surface area contributed by atoms with Crippen LogP contribution in [0.25, 0.3) is 0 Å². The first kappa shape index (κ1) is 14.9. The molecule has 6 heteroatoms. The van der Waals surface area contributed by atoms with Gasteiger partial charge in [-0.15, -0.1) is 0 Å². The molecule has 0 aliphatic heterocycles. The second-order valence-electron chi connectivity index (χ2n) is 4.54. The quantitative estimate of drug-likeness (QED) is 0.463. The van der Waals surface area contributed by atoms with Gasteiger partial charge in [-0.25, -0.2) is 0 Å². The van der Waals surface area contributed by atoms with Crippen molar-refractivity contribution in [3.8, 4) is 6.07 Å². The van der Waals surface area contributed by atoms with E-state index in [9.17, 15) is 10.1 Å². The Hall–Kier alpha value is -2.13. The monoisotopic (exact) mass is 262 g/mol. The van der Waals surface area contributed by atoms with E-state index in [2.05, 4.69) is 10.2 Å². The highest BCUT2D eigenvalue weighted by Gasteiger charge is 2.13. The van der Waals surface area contributed by atoms with Crippen LogP contribution in [-0.4, -0.2) is 37.0 Å². The zero-order valence-electron chi connectivity index (χ0n) is 11.2. The first-order valence-electron chi connectivity index (χ1n) is 6.11. The minimum atomic E-state index is -0.532. The van der Waals surface area contributed by atoms with Crippen LogP contribution in [0.5, 0.6) is 0 Å². The molecule has 1 N–H and O–H groups in total. The molecule has 0 amide bonds. The smallest absolute Gasteiger partial charge is 0.289 e. The number of unbranched alkanes of at least 4 members (excludes halogenated alkanes) is 1. The van der Waals surface area contributed by atoms with E-state index >= 15 is 0 Å². The van der Waals surface area contributed by atoms with Gasteiger partial charge in [-0.2, -0.15) is 5.26 Å². The van der Waals surface area contributed by atoms with Gasteiger partial charge in [0.05, 0.1) is 4.92 Å². The van der Waals surface area contributed by atoms with Gasteiger partial charge in [-0.3, -0.25) is 10.1 Å². The Balaban J connectivity index is 2.54. The second kappa shape index (κ2) is 7.34. The van der Waals surface area contributed by atoms with Crippen molar-refractivity contribution in [3.63, 3.8) is 0 Å². The van der Waals surface area contributed by atoms with Crippen molar-refractivity contribution in [2.75, 3.05) is 32.5 Å². The second-order valence-corrected chi connectivity index (χ2v) is 4.54. The molecule has 0 spiro atoms. The summed E-state index contributed by atoms with van der Waals surface area (Å²) in [6.45, 7) is 1.78. The fourth-order valence-electron chi connectivity index (χ4n) is 1.67. The number of hydrogen-bond acceptors (Lipinski definition) is 5. The Bertz CT molecular complexity index is 480. The van der Waals surface area contributed by atoms with Gasteiger partial charge in [-0.1, -0.05) is 0 Å². The molecule has 0 aromatic heterocycles. The number of nitro groups is 1. The highest BCUT2D eigenvalue weighted by atomic mass is 16.6. The third kappa shape index (κ3) is 4.94. The fourth-order valence-corrected chi connectivity index (χ4v) is 1.67. The van der Waals surface area contributed by atoms with Gasteiger partial charge in [0.25, 0.3) is 5.69 Å². The minimum Gasteiger partial charge on any atom is -0.385 e. The molecule has 0 saturated heterocycles. The minimum absolute atomic E-state index is 0.0863. The predicted molar refractivity (Wildman–Crippen MR) is 74.1 cm³/mol. The molecule has 1 rings (SSSR count). The Morgan fingerprint density at radius 2 is 2.16 bits per heavy atom. The lowest BCUT2D eigenvalue weighted by atomic mass is 10.1. The van der Waals surface area contributed by atoms with Gasteiger partial charge in [0.15, 0.2) is 0 Å². The molecule has 0 fully saturated rings. The Labute approximate surface area is 112 Å². The van der Waals surface area contributed by atoms with Gasteiger partial charge in [0.2, 0.25) is 0 Å². The summed E-state index contributed by atoms with van der Waals surface area (Å²) in [5.74, 6) is 0. The van der Waals surface area contributed by atoms with Gasteiger partial charge in [-0.05, 0) is 45.6 Å². The van der Waals surface area contributed by atoms with E-state index in [1.165, 1.54) is 12.1 Å². The summed E-state index contributed by atoms with van der Waals surface area (Å²) in [5.41, 5.74) is 0.611. The normalized spacial score (nSPS) is 10.2. The van der Waals surface area contributed by atoms with E-state index in [1.54, 1.807) is 6.07 Å². The zero-order valence-corrected chi connectivity index (χ0v) is 11.2. The van der Waals surface area contributed by atoms with E-state index in [0.717, 1.165) is 25.9 Å². The van der Waals surface area contributed by atoms with Crippen molar-refractivity contribution in [1.82, 2.24) is 4.90 Å². The third-order valence-corrected chi connectivity index (χ3v) is 2.68. The molecule has 1 aromatic rings. The number of hydrogen-bond donors (Lipinski definition) is 1. The lowest BCUT2D eigenvalue weighted by molar-refractivity contribution is -0.385. The number of nitriles is 1. The molecule has 0 heterocycles. The maximum atomic E-state index is 10.8. The molecule has 102 valence electrons. The average Bonchev–Trinajstić information content (AvgIpc) is 2.37. The maximum Gasteiger partial charge on any atom is 0.289 e. The first-order valence-corrected chi connectivity index (χ1v) is 6.11. The molecular formula is C13H18N4O2. The van der Waals surface area contributed by atoms with Crippen molar-refractivity contribution in [3.05, 3.63) is 33.9 Å². The van der Waals surface area contributed by atoms with Crippen molar-refractivity contribution < 1.29 is 4.92 Å². The van der Waals surface area contributed by atoms with Gasteiger partial charge in [0, 0.05) is 18.3 Å². The van der Waals surface area contributed by atoms with Crippen LogP contribution in [0.1, 0.15) is 18.4 Å². The molecule has 0 aliphatic carbocycles. The van der Waals surface area contributed by atoms with Gasteiger partial charge < -0.3 is 10.2 Å². The predicted octanol–water partition coefficient (Wildman–Crippen LogP) is 2.22. The van der Waals surface area contributed by atoms with Crippen LogP contribution in [0.3, 0.4) is 0 Å².